The Kier molecular flexibility index (Phi) is 6.23. The van der Waals surface area contributed by atoms with Gasteiger partial charge in [0.2, 0.25) is 11.8 Å². The fourth-order valence-corrected chi connectivity index (χ4v) is 3.70. The molecule has 1 aromatic heterocycles. The predicted molar refractivity (Wildman–Crippen MR) is 128 cm³/mol. The minimum Gasteiger partial charge on any atom is -0.507 e. The number of nitrogens with one attached hydrogen (secondary N) is 1. The molecule has 0 saturated heterocycles. The summed E-state index contributed by atoms with van der Waals surface area (Å²) in [7, 11) is 0. The van der Waals surface area contributed by atoms with E-state index in [2.05, 4.69) is 31.5 Å². The molecule has 33 heavy (non-hydrogen) atoms. The summed E-state index contributed by atoms with van der Waals surface area (Å²) in [5, 5.41) is 31.7. The smallest absolute Gasteiger partial charge is 0.299 e. The number of benzene rings is 3. The molecule has 0 aliphatic heterocycles. The van der Waals surface area contributed by atoms with Crippen molar-refractivity contribution >= 4 is 50.0 Å². The van der Waals surface area contributed by atoms with E-state index in [4.69, 9.17) is 0 Å². The predicted octanol–water partition coefficient (Wildman–Crippen LogP) is 5.69. The van der Waals surface area contributed by atoms with Crippen LogP contribution in [0.2, 0.25) is 0 Å². The Labute approximate surface area is 197 Å². The topological polar surface area (TPSA) is 116 Å². The molecule has 3 N–H and O–H groups in total. The molecule has 8 nitrogen and oxygen atoms in total. The minimum absolute atomic E-state index is 0.0335. The summed E-state index contributed by atoms with van der Waals surface area (Å²) in [6.07, 6.45) is 0. The third kappa shape index (κ3) is 4.78. The molecule has 0 aliphatic carbocycles. The van der Waals surface area contributed by atoms with Gasteiger partial charge >= 0.3 is 0 Å². The van der Waals surface area contributed by atoms with Crippen LogP contribution in [-0.2, 0) is 11.3 Å². The summed E-state index contributed by atoms with van der Waals surface area (Å²) in [5.41, 5.74) is 2.29. The summed E-state index contributed by atoms with van der Waals surface area (Å²) in [6.45, 7) is 1.78. The van der Waals surface area contributed by atoms with E-state index >= 15 is 0 Å². The van der Waals surface area contributed by atoms with E-state index in [0.29, 0.717) is 21.1 Å². The SMILES string of the molecule is Cc1ccc(NC(=O)Cn2c(O)c(N=NC(=O)c3cc(Br)ccc3O)c3ccccc32)cc1. The number of phenolic OH excluding ortho intramolecular Hbond substituents is 1. The molecule has 1 heterocycles. The summed E-state index contributed by atoms with van der Waals surface area (Å²) >= 11 is 3.24. The van der Waals surface area contributed by atoms with E-state index in [9.17, 15) is 19.8 Å². The largest absolute Gasteiger partial charge is 0.507 e. The Bertz CT molecular complexity index is 1390. The van der Waals surface area contributed by atoms with Crippen LogP contribution in [0.1, 0.15) is 15.9 Å². The number of fused-ring (bicyclic) bond motifs is 1. The van der Waals surface area contributed by atoms with Crippen molar-refractivity contribution in [2.45, 2.75) is 13.5 Å². The molecule has 3 aromatic carbocycles. The first-order chi connectivity index (χ1) is 15.8. The van der Waals surface area contributed by atoms with E-state index in [-0.39, 0.29) is 35.3 Å². The lowest BCUT2D eigenvalue weighted by molar-refractivity contribution is -0.116. The molecule has 0 radical (unpaired) electrons. The monoisotopic (exact) mass is 506 g/mol. The number of phenols is 1. The molecule has 0 unspecified atom stereocenters. The van der Waals surface area contributed by atoms with Crippen molar-refractivity contribution in [3.05, 3.63) is 82.3 Å². The highest BCUT2D eigenvalue weighted by Crippen LogP contribution is 2.39. The summed E-state index contributed by atoms with van der Waals surface area (Å²) in [4.78, 5) is 25.1. The number of aryl methyl sites for hydroxylation is 1. The lowest BCUT2D eigenvalue weighted by atomic mass is 10.2. The number of carbonyl (C=O) groups excluding carboxylic acids is 2. The average Bonchev–Trinajstić information content (AvgIpc) is 3.06. The zero-order chi connectivity index (χ0) is 23.5. The van der Waals surface area contributed by atoms with Gasteiger partial charge in [0.25, 0.3) is 5.91 Å². The lowest BCUT2D eigenvalue weighted by Crippen LogP contribution is -2.18. The van der Waals surface area contributed by atoms with Gasteiger partial charge in [0.05, 0.1) is 11.1 Å². The Balaban J connectivity index is 1.63. The second kappa shape index (κ2) is 9.25. The van der Waals surface area contributed by atoms with Gasteiger partial charge in [-0.1, -0.05) is 51.8 Å². The molecular formula is C24H19BrN4O4. The molecule has 4 aromatic rings. The van der Waals surface area contributed by atoms with E-state index < -0.39 is 5.91 Å². The van der Waals surface area contributed by atoms with Crippen molar-refractivity contribution in [3.63, 3.8) is 0 Å². The van der Waals surface area contributed by atoms with Crippen molar-refractivity contribution in [3.8, 4) is 11.6 Å². The zero-order valence-corrected chi connectivity index (χ0v) is 19.1. The Morgan fingerprint density at radius 1 is 1.03 bits per heavy atom. The molecule has 0 saturated carbocycles. The van der Waals surface area contributed by atoms with Crippen LogP contribution in [0.25, 0.3) is 10.9 Å². The lowest BCUT2D eigenvalue weighted by Gasteiger charge is -2.08. The van der Waals surface area contributed by atoms with E-state index in [0.717, 1.165) is 5.56 Å². The van der Waals surface area contributed by atoms with Crippen molar-refractivity contribution in [1.82, 2.24) is 4.57 Å². The summed E-state index contributed by atoms with van der Waals surface area (Å²) in [5.74, 6) is -1.65. The Morgan fingerprint density at radius 2 is 1.76 bits per heavy atom. The van der Waals surface area contributed by atoms with Crippen LogP contribution in [-0.4, -0.2) is 26.6 Å². The number of para-hydroxylation sites is 1. The van der Waals surface area contributed by atoms with Gasteiger partial charge in [-0.2, -0.15) is 0 Å². The maximum atomic E-state index is 12.6. The number of anilines is 1. The molecule has 9 heteroatoms. The van der Waals surface area contributed by atoms with Crippen LogP contribution in [0.5, 0.6) is 11.6 Å². The van der Waals surface area contributed by atoms with Gasteiger partial charge in [0.15, 0.2) is 5.69 Å². The maximum Gasteiger partial charge on any atom is 0.299 e. The standard InChI is InChI=1S/C24H19BrN4O4/c1-14-6-9-16(10-7-14)26-21(31)13-29-19-5-3-2-4-17(19)22(24(29)33)27-28-23(32)18-12-15(25)8-11-20(18)30/h2-12,30,33H,13H2,1H3,(H,26,31). The quantitative estimate of drug-likeness (QED) is 0.301. The minimum atomic E-state index is -0.776. The van der Waals surface area contributed by atoms with Crippen LogP contribution >= 0.6 is 15.9 Å². The van der Waals surface area contributed by atoms with E-state index in [1.807, 2.05) is 19.1 Å². The number of aromatic hydroxyl groups is 2. The molecule has 4 rings (SSSR count). The highest BCUT2D eigenvalue weighted by atomic mass is 79.9. The molecule has 0 atom stereocenters. The van der Waals surface area contributed by atoms with Gasteiger partial charge in [-0.15, -0.1) is 10.2 Å². The highest BCUT2D eigenvalue weighted by Gasteiger charge is 2.19. The van der Waals surface area contributed by atoms with Gasteiger partial charge < -0.3 is 20.1 Å². The summed E-state index contributed by atoms with van der Waals surface area (Å²) < 4.78 is 1.99. The molecular weight excluding hydrogens is 488 g/mol. The normalized spacial score (nSPS) is 11.2. The second-order valence-electron chi connectivity index (χ2n) is 7.36. The Morgan fingerprint density at radius 3 is 2.52 bits per heavy atom. The van der Waals surface area contributed by atoms with Crippen molar-refractivity contribution in [2.24, 2.45) is 10.2 Å². The van der Waals surface area contributed by atoms with Crippen LogP contribution in [0.15, 0.2) is 81.4 Å². The molecule has 166 valence electrons. The number of hydrogen-bond donors (Lipinski definition) is 3. The highest BCUT2D eigenvalue weighted by molar-refractivity contribution is 9.10. The molecule has 0 bridgehead atoms. The molecule has 2 amide bonds. The van der Waals surface area contributed by atoms with Crippen molar-refractivity contribution in [2.75, 3.05) is 5.32 Å². The fraction of sp³-hybridized carbons (Fsp3) is 0.0833. The Hall–Kier alpha value is -3.98. The van der Waals surface area contributed by atoms with Crippen molar-refractivity contribution in [1.29, 1.82) is 0 Å². The van der Waals surface area contributed by atoms with Crippen LogP contribution in [0.3, 0.4) is 0 Å². The van der Waals surface area contributed by atoms with E-state index in [1.54, 1.807) is 42.5 Å². The third-order valence-corrected chi connectivity index (χ3v) is 5.48. The van der Waals surface area contributed by atoms with Crippen molar-refractivity contribution < 1.29 is 19.8 Å². The average molecular weight is 507 g/mol. The van der Waals surface area contributed by atoms with Crippen LogP contribution < -0.4 is 5.32 Å². The van der Waals surface area contributed by atoms with Crippen LogP contribution in [0.4, 0.5) is 11.4 Å². The number of hydrogen-bond acceptors (Lipinski definition) is 5. The van der Waals surface area contributed by atoms with E-state index in [1.165, 1.54) is 16.7 Å². The zero-order valence-electron chi connectivity index (χ0n) is 17.5. The number of carbonyl (C=O) groups is 2. The second-order valence-corrected chi connectivity index (χ2v) is 8.27. The molecule has 0 spiro atoms. The van der Waals surface area contributed by atoms with Gasteiger partial charge in [-0.05, 0) is 43.3 Å². The number of halogens is 1. The number of nitrogens with zero attached hydrogens (tertiary/aromatic N) is 3. The fourth-order valence-electron chi connectivity index (χ4n) is 3.34. The summed E-state index contributed by atoms with van der Waals surface area (Å²) in [6, 6.07) is 18.7. The molecule has 0 aliphatic rings. The van der Waals surface area contributed by atoms with Gasteiger partial charge in [-0.25, -0.2) is 0 Å². The first-order valence-corrected chi connectivity index (χ1v) is 10.7. The van der Waals surface area contributed by atoms with Gasteiger partial charge in [0.1, 0.15) is 12.3 Å². The van der Waals surface area contributed by atoms with Gasteiger partial charge in [-0.3, -0.25) is 9.59 Å². The molecule has 0 fully saturated rings. The first kappa shape index (κ1) is 22.2. The number of azo groups is 1. The third-order valence-electron chi connectivity index (χ3n) is 4.98. The number of amides is 2. The number of aromatic nitrogens is 1. The van der Waals surface area contributed by atoms with Crippen LogP contribution in [0, 0.1) is 6.92 Å². The maximum absolute atomic E-state index is 12.6. The number of rotatable bonds is 5. The first-order valence-electron chi connectivity index (χ1n) is 9.95. The van der Waals surface area contributed by atoms with Gasteiger partial charge in [0, 0.05) is 15.5 Å².